The molecule has 106 valence electrons. The Morgan fingerprint density at radius 1 is 1.32 bits per heavy atom. The van der Waals surface area contributed by atoms with Gasteiger partial charge in [-0.3, -0.25) is 4.79 Å². The molecule has 0 aromatic heterocycles. The largest absolute Gasteiger partial charge is 0.493 e. The molecule has 4 heteroatoms. The Labute approximate surface area is 114 Å². The second-order valence-corrected chi connectivity index (χ2v) is 5.07. The van der Waals surface area contributed by atoms with Gasteiger partial charge < -0.3 is 15.2 Å². The molecule has 4 nitrogen and oxygen atoms in total. The molecule has 0 spiro atoms. The standard InChI is InChI=1S/C15H23NO3/c1-10(2)16-13(15(17)18)8-9-19-14-11(3)6-5-7-12(14)4/h5-7,10,13,16H,8-9H2,1-4H3,(H,17,18). The molecule has 0 saturated heterocycles. The maximum absolute atomic E-state index is 11.1. The van der Waals surface area contributed by atoms with E-state index in [0.717, 1.165) is 16.9 Å². The lowest BCUT2D eigenvalue weighted by molar-refractivity contribution is -0.140. The molecule has 0 aliphatic rings. The lowest BCUT2D eigenvalue weighted by atomic mass is 10.1. The lowest BCUT2D eigenvalue weighted by Gasteiger charge is -2.18. The Morgan fingerprint density at radius 3 is 2.37 bits per heavy atom. The molecule has 1 aromatic rings. The molecule has 1 rings (SSSR count). The van der Waals surface area contributed by atoms with Crippen molar-refractivity contribution in [2.75, 3.05) is 6.61 Å². The smallest absolute Gasteiger partial charge is 0.320 e. The van der Waals surface area contributed by atoms with Crippen LogP contribution >= 0.6 is 0 Å². The molecule has 1 atom stereocenters. The summed E-state index contributed by atoms with van der Waals surface area (Å²) in [6, 6.07) is 5.54. The molecule has 0 saturated carbocycles. The van der Waals surface area contributed by atoms with E-state index in [-0.39, 0.29) is 6.04 Å². The van der Waals surface area contributed by atoms with E-state index in [9.17, 15) is 4.79 Å². The summed E-state index contributed by atoms with van der Waals surface area (Å²) in [6.45, 7) is 8.24. The topological polar surface area (TPSA) is 58.6 Å². The van der Waals surface area contributed by atoms with Gasteiger partial charge in [0.1, 0.15) is 11.8 Å². The van der Waals surface area contributed by atoms with Crippen molar-refractivity contribution in [1.29, 1.82) is 0 Å². The molecule has 0 amide bonds. The first kappa shape index (κ1) is 15.5. The van der Waals surface area contributed by atoms with E-state index in [2.05, 4.69) is 5.32 Å². The highest BCUT2D eigenvalue weighted by Crippen LogP contribution is 2.22. The van der Waals surface area contributed by atoms with Crippen molar-refractivity contribution in [3.63, 3.8) is 0 Å². The van der Waals surface area contributed by atoms with Gasteiger partial charge >= 0.3 is 5.97 Å². The summed E-state index contributed by atoms with van der Waals surface area (Å²) in [5, 5.41) is 12.1. The van der Waals surface area contributed by atoms with Crippen molar-refractivity contribution < 1.29 is 14.6 Å². The van der Waals surface area contributed by atoms with Crippen molar-refractivity contribution in [1.82, 2.24) is 5.32 Å². The average Bonchev–Trinajstić information content (AvgIpc) is 2.30. The van der Waals surface area contributed by atoms with Crippen LogP contribution in [0.25, 0.3) is 0 Å². The Balaban J connectivity index is 2.54. The number of ether oxygens (including phenoxy) is 1. The number of hydrogen-bond donors (Lipinski definition) is 2. The number of aryl methyl sites for hydroxylation is 2. The normalized spacial score (nSPS) is 12.5. The monoisotopic (exact) mass is 265 g/mol. The fraction of sp³-hybridized carbons (Fsp3) is 0.533. The van der Waals surface area contributed by atoms with E-state index in [0.29, 0.717) is 13.0 Å². The van der Waals surface area contributed by atoms with Crippen LogP contribution in [0.2, 0.25) is 0 Å². The first-order valence-corrected chi connectivity index (χ1v) is 6.59. The first-order chi connectivity index (χ1) is 8.91. The fourth-order valence-corrected chi connectivity index (χ4v) is 1.99. The molecular weight excluding hydrogens is 242 g/mol. The average molecular weight is 265 g/mol. The predicted molar refractivity (Wildman–Crippen MR) is 75.7 cm³/mol. The molecule has 0 heterocycles. The van der Waals surface area contributed by atoms with Crippen molar-refractivity contribution in [3.05, 3.63) is 29.3 Å². The molecule has 0 aliphatic heterocycles. The summed E-state index contributed by atoms with van der Waals surface area (Å²) >= 11 is 0. The van der Waals surface area contributed by atoms with Gasteiger partial charge in [0.15, 0.2) is 0 Å². The van der Waals surface area contributed by atoms with Crippen LogP contribution in [0.15, 0.2) is 18.2 Å². The molecule has 1 aromatic carbocycles. The number of carboxylic acids is 1. The second kappa shape index (κ2) is 7.14. The Kier molecular flexibility index (Phi) is 5.83. The maximum Gasteiger partial charge on any atom is 0.320 e. The van der Waals surface area contributed by atoms with Crippen LogP contribution in [-0.4, -0.2) is 29.8 Å². The zero-order chi connectivity index (χ0) is 14.4. The van der Waals surface area contributed by atoms with Gasteiger partial charge in [-0.2, -0.15) is 0 Å². The zero-order valence-electron chi connectivity index (χ0n) is 12.1. The number of aliphatic carboxylic acids is 1. The van der Waals surface area contributed by atoms with Gasteiger partial charge in [0, 0.05) is 12.5 Å². The molecule has 0 aliphatic carbocycles. The third-order valence-corrected chi connectivity index (χ3v) is 2.89. The first-order valence-electron chi connectivity index (χ1n) is 6.59. The van der Waals surface area contributed by atoms with Crippen LogP contribution in [0.5, 0.6) is 5.75 Å². The van der Waals surface area contributed by atoms with Crippen LogP contribution in [0, 0.1) is 13.8 Å². The molecule has 2 N–H and O–H groups in total. The fourth-order valence-electron chi connectivity index (χ4n) is 1.99. The van der Waals surface area contributed by atoms with Gasteiger partial charge in [0.2, 0.25) is 0 Å². The minimum Gasteiger partial charge on any atom is -0.493 e. The quantitative estimate of drug-likeness (QED) is 0.795. The zero-order valence-corrected chi connectivity index (χ0v) is 12.1. The number of rotatable bonds is 7. The Bertz CT molecular complexity index is 409. The van der Waals surface area contributed by atoms with E-state index in [1.165, 1.54) is 0 Å². The van der Waals surface area contributed by atoms with Gasteiger partial charge in [-0.15, -0.1) is 0 Å². The van der Waals surface area contributed by atoms with Crippen LogP contribution < -0.4 is 10.1 Å². The Morgan fingerprint density at radius 2 is 1.89 bits per heavy atom. The molecule has 0 fully saturated rings. The van der Waals surface area contributed by atoms with Gasteiger partial charge in [0.05, 0.1) is 6.61 Å². The van der Waals surface area contributed by atoms with Crippen LogP contribution in [-0.2, 0) is 4.79 Å². The van der Waals surface area contributed by atoms with Gasteiger partial charge in [-0.25, -0.2) is 0 Å². The highest BCUT2D eigenvalue weighted by Gasteiger charge is 2.18. The highest BCUT2D eigenvalue weighted by molar-refractivity contribution is 5.73. The molecule has 0 radical (unpaired) electrons. The lowest BCUT2D eigenvalue weighted by Crippen LogP contribution is -2.41. The van der Waals surface area contributed by atoms with E-state index in [1.54, 1.807) is 0 Å². The highest BCUT2D eigenvalue weighted by atomic mass is 16.5. The number of nitrogens with one attached hydrogen (secondary N) is 1. The number of benzene rings is 1. The van der Waals surface area contributed by atoms with Crippen LogP contribution in [0.3, 0.4) is 0 Å². The molecule has 19 heavy (non-hydrogen) atoms. The van der Waals surface area contributed by atoms with Crippen molar-refractivity contribution >= 4 is 5.97 Å². The minimum atomic E-state index is -0.834. The Hall–Kier alpha value is -1.55. The second-order valence-electron chi connectivity index (χ2n) is 5.07. The minimum absolute atomic E-state index is 0.140. The summed E-state index contributed by atoms with van der Waals surface area (Å²) in [6.07, 6.45) is 0.446. The number of hydrogen-bond acceptors (Lipinski definition) is 3. The van der Waals surface area contributed by atoms with E-state index in [4.69, 9.17) is 9.84 Å². The summed E-state index contributed by atoms with van der Waals surface area (Å²) < 4.78 is 5.73. The van der Waals surface area contributed by atoms with Crippen molar-refractivity contribution in [3.8, 4) is 5.75 Å². The van der Waals surface area contributed by atoms with Gasteiger partial charge in [-0.1, -0.05) is 32.0 Å². The predicted octanol–water partition coefficient (Wildman–Crippen LogP) is 2.52. The van der Waals surface area contributed by atoms with E-state index in [1.807, 2.05) is 45.9 Å². The molecular formula is C15H23NO3. The molecule has 0 bridgehead atoms. The SMILES string of the molecule is Cc1cccc(C)c1OCCC(NC(C)C)C(=O)O. The van der Waals surface area contributed by atoms with Crippen LogP contribution in [0.1, 0.15) is 31.4 Å². The van der Waals surface area contributed by atoms with Crippen LogP contribution in [0.4, 0.5) is 0 Å². The maximum atomic E-state index is 11.1. The summed E-state index contributed by atoms with van der Waals surface area (Å²) in [5.41, 5.74) is 2.15. The third kappa shape index (κ3) is 4.91. The number of para-hydroxylation sites is 1. The van der Waals surface area contributed by atoms with Gasteiger partial charge in [-0.05, 0) is 25.0 Å². The summed E-state index contributed by atoms with van der Waals surface area (Å²) in [4.78, 5) is 11.1. The van der Waals surface area contributed by atoms with E-state index >= 15 is 0 Å². The summed E-state index contributed by atoms with van der Waals surface area (Å²) in [5.74, 6) is 0.0231. The third-order valence-electron chi connectivity index (χ3n) is 2.89. The number of carbonyl (C=O) groups is 1. The summed E-state index contributed by atoms with van der Waals surface area (Å²) in [7, 11) is 0. The molecule has 1 unspecified atom stereocenters. The number of carboxylic acid groups (broad SMARTS) is 1. The van der Waals surface area contributed by atoms with Crippen molar-refractivity contribution in [2.45, 2.75) is 46.2 Å². The van der Waals surface area contributed by atoms with Gasteiger partial charge in [0.25, 0.3) is 0 Å². The van der Waals surface area contributed by atoms with E-state index < -0.39 is 12.0 Å². The van der Waals surface area contributed by atoms with Crippen molar-refractivity contribution in [2.24, 2.45) is 0 Å².